The normalized spacial score (nSPS) is 18.2. The van der Waals surface area contributed by atoms with Crippen LogP contribution in [0.25, 0.3) is 0 Å². The molecule has 1 fully saturated rings. The fraction of sp³-hybridized carbons (Fsp3) is 0.455. The monoisotopic (exact) mass is 351 g/mol. The van der Waals surface area contributed by atoms with Crippen LogP contribution >= 0.6 is 0 Å². The molecule has 1 aliphatic heterocycles. The molecule has 1 aliphatic rings. The summed E-state index contributed by atoms with van der Waals surface area (Å²) < 4.78 is 0. The zero-order valence-electron chi connectivity index (χ0n) is 15.9. The van der Waals surface area contributed by atoms with Gasteiger partial charge in [0.25, 0.3) is 0 Å². The number of likely N-dealkylation sites (N-methyl/N-ethyl adjacent to an activating group) is 1. The molecule has 1 saturated heterocycles. The average Bonchev–Trinajstić information content (AvgIpc) is 2.67. The largest absolute Gasteiger partial charge is 0.302 e. The summed E-state index contributed by atoms with van der Waals surface area (Å²) in [6.07, 6.45) is 5.34. The number of aromatic nitrogens is 1. The van der Waals surface area contributed by atoms with E-state index in [0.29, 0.717) is 6.04 Å². The van der Waals surface area contributed by atoms with Crippen LogP contribution in [0.15, 0.2) is 48.7 Å². The second-order valence-corrected chi connectivity index (χ2v) is 7.34. The number of carbonyl (C=O) groups excluding carboxylic acids is 1. The van der Waals surface area contributed by atoms with Crippen molar-refractivity contribution in [2.75, 3.05) is 26.7 Å². The quantitative estimate of drug-likeness (QED) is 0.716. The van der Waals surface area contributed by atoms with Crippen LogP contribution in [-0.4, -0.2) is 53.3 Å². The molecule has 4 heteroatoms. The number of hydrogen-bond acceptors (Lipinski definition) is 4. The van der Waals surface area contributed by atoms with Gasteiger partial charge in [0.15, 0.2) is 5.78 Å². The van der Waals surface area contributed by atoms with Gasteiger partial charge in [0, 0.05) is 49.6 Å². The fourth-order valence-corrected chi connectivity index (χ4v) is 3.70. The first-order valence-corrected chi connectivity index (χ1v) is 9.54. The Bertz CT molecular complexity index is 716. The summed E-state index contributed by atoms with van der Waals surface area (Å²) in [5.74, 6) is 0.137. The third kappa shape index (κ3) is 5.23. The fourth-order valence-electron chi connectivity index (χ4n) is 3.70. The van der Waals surface area contributed by atoms with E-state index in [9.17, 15) is 4.79 Å². The SMILES string of the molecule is CC(=O)c1cccc(CN2CCCC(N(C)CCc3ccccn3)C2)c1. The highest BCUT2D eigenvalue weighted by Crippen LogP contribution is 2.18. The van der Waals surface area contributed by atoms with Crippen molar-refractivity contribution in [3.05, 3.63) is 65.5 Å². The minimum absolute atomic E-state index is 0.137. The molecule has 0 saturated carbocycles. The Morgan fingerprint density at radius 3 is 2.92 bits per heavy atom. The van der Waals surface area contributed by atoms with E-state index in [1.807, 2.05) is 30.5 Å². The van der Waals surface area contributed by atoms with Crippen molar-refractivity contribution in [2.24, 2.45) is 0 Å². The Hall–Kier alpha value is -2.04. The molecule has 2 aromatic rings. The van der Waals surface area contributed by atoms with Gasteiger partial charge in [0.2, 0.25) is 0 Å². The minimum atomic E-state index is 0.137. The van der Waals surface area contributed by atoms with Gasteiger partial charge in [-0.15, -0.1) is 0 Å². The standard InChI is InChI=1S/C22H29N3O/c1-18(26)20-8-5-7-19(15-20)16-25-13-6-10-22(17-25)24(2)14-11-21-9-3-4-12-23-21/h3-5,7-9,12,15,22H,6,10-11,13-14,16-17H2,1-2H3. The predicted molar refractivity (Wildman–Crippen MR) is 105 cm³/mol. The van der Waals surface area contributed by atoms with Crippen LogP contribution in [0.4, 0.5) is 0 Å². The van der Waals surface area contributed by atoms with Gasteiger partial charge in [-0.25, -0.2) is 0 Å². The summed E-state index contributed by atoms with van der Waals surface area (Å²) in [7, 11) is 2.23. The number of hydrogen-bond donors (Lipinski definition) is 0. The van der Waals surface area contributed by atoms with Gasteiger partial charge in [-0.05, 0) is 57.1 Å². The molecule has 1 unspecified atom stereocenters. The lowest BCUT2D eigenvalue weighted by atomic mass is 10.0. The zero-order chi connectivity index (χ0) is 18.4. The Morgan fingerprint density at radius 2 is 2.15 bits per heavy atom. The Labute approximate surface area is 156 Å². The van der Waals surface area contributed by atoms with E-state index < -0.39 is 0 Å². The van der Waals surface area contributed by atoms with Crippen LogP contribution in [0.2, 0.25) is 0 Å². The number of piperidine rings is 1. The van der Waals surface area contributed by atoms with Crippen LogP contribution in [0.3, 0.4) is 0 Å². The molecule has 0 spiro atoms. The van der Waals surface area contributed by atoms with Crippen LogP contribution in [0.1, 0.15) is 41.4 Å². The molecule has 0 amide bonds. The van der Waals surface area contributed by atoms with E-state index in [1.54, 1.807) is 6.92 Å². The highest BCUT2D eigenvalue weighted by Gasteiger charge is 2.23. The van der Waals surface area contributed by atoms with E-state index in [-0.39, 0.29) is 5.78 Å². The number of carbonyl (C=O) groups is 1. The summed E-state index contributed by atoms with van der Waals surface area (Å²) in [5.41, 5.74) is 3.20. The molecule has 1 aromatic carbocycles. The number of benzene rings is 1. The maximum atomic E-state index is 11.6. The van der Waals surface area contributed by atoms with Gasteiger partial charge in [-0.3, -0.25) is 14.7 Å². The first-order valence-electron chi connectivity index (χ1n) is 9.54. The second kappa shape index (κ2) is 9.06. The van der Waals surface area contributed by atoms with Gasteiger partial charge in [-0.2, -0.15) is 0 Å². The maximum Gasteiger partial charge on any atom is 0.159 e. The van der Waals surface area contributed by atoms with Crippen molar-refractivity contribution in [2.45, 2.75) is 38.8 Å². The third-order valence-electron chi connectivity index (χ3n) is 5.29. The number of ketones is 1. The lowest BCUT2D eigenvalue weighted by Crippen LogP contribution is -2.46. The van der Waals surface area contributed by atoms with E-state index >= 15 is 0 Å². The maximum absolute atomic E-state index is 11.6. The second-order valence-electron chi connectivity index (χ2n) is 7.34. The van der Waals surface area contributed by atoms with E-state index in [1.165, 1.54) is 18.4 Å². The molecule has 1 atom stereocenters. The zero-order valence-corrected chi connectivity index (χ0v) is 15.9. The number of likely N-dealkylation sites (tertiary alicyclic amines) is 1. The molecule has 0 aliphatic carbocycles. The molecule has 0 bridgehead atoms. The summed E-state index contributed by atoms with van der Waals surface area (Å²) >= 11 is 0. The number of Topliss-reactive ketones (excluding diaryl/α,β-unsaturated/α-hetero) is 1. The molecule has 1 aromatic heterocycles. The van der Waals surface area contributed by atoms with E-state index in [0.717, 1.165) is 43.9 Å². The smallest absolute Gasteiger partial charge is 0.159 e. The van der Waals surface area contributed by atoms with Gasteiger partial charge < -0.3 is 4.90 Å². The topological polar surface area (TPSA) is 36.4 Å². The molecule has 0 radical (unpaired) electrons. The molecule has 138 valence electrons. The van der Waals surface area contributed by atoms with Gasteiger partial charge in [-0.1, -0.05) is 24.3 Å². The third-order valence-corrected chi connectivity index (χ3v) is 5.29. The Morgan fingerprint density at radius 1 is 1.27 bits per heavy atom. The summed E-state index contributed by atoms with van der Waals surface area (Å²) in [6, 6.07) is 14.8. The summed E-state index contributed by atoms with van der Waals surface area (Å²) in [6.45, 7) is 5.81. The summed E-state index contributed by atoms with van der Waals surface area (Å²) in [5, 5.41) is 0. The molecule has 3 rings (SSSR count). The van der Waals surface area contributed by atoms with Crippen molar-refractivity contribution >= 4 is 5.78 Å². The Balaban J connectivity index is 1.53. The molecular formula is C22H29N3O. The molecule has 0 N–H and O–H groups in total. The lowest BCUT2D eigenvalue weighted by Gasteiger charge is -2.37. The first-order chi connectivity index (χ1) is 12.6. The highest BCUT2D eigenvalue weighted by molar-refractivity contribution is 5.94. The highest BCUT2D eigenvalue weighted by atomic mass is 16.1. The molecule has 4 nitrogen and oxygen atoms in total. The van der Waals surface area contributed by atoms with E-state index in [2.05, 4.69) is 40.0 Å². The van der Waals surface area contributed by atoms with Crippen molar-refractivity contribution in [3.8, 4) is 0 Å². The summed E-state index contributed by atoms with van der Waals surface area (Å²) in [4.78, 5) is 21.0. The first kappa shape index (κ1) is 18.7. The van der Waals surface area contributed by atoms with Gasteiger partial charge >= 0.3 is 0 Å². The minimum Gasteiger partial charge on any atom is -0.302 e. The van der Waals surface area contributed by atoms with Gasteiger partial charge in [0.1, 0.15) is 0 Å². The van der Waals surface area contributed by atoms with Crippen LogP contribution < -0.4 is 0 Å². The number of pyridine rings is 1. The lowest BCUT2D eigenvalue weighted by molar-refractivity contribution is 0.101. The predicted octanol–water partition coefficient (Wildman–Crippen LogP) is 3.42. The molecular weight excluding hydrogens is 322 g/mol. The van der Waals surface area contributed by atoms with Crippen LogP contribution in [0.5, 0.6) is 0 Å². The molecule has 26 heavy (non-hydrogen) atoms. The molecule has 2 heterocycles. The van der Waals surface area contributed by atoms with Crippen molar-refractivity contribution in [1.29, 1.82) is 0 Å². The van der Waals surface area contributed by atoms with Crippen molar-refractivity contribution in [3.63, 3.8) is 0 Å². The Kier molecular flexibility index (Phi) is 6.53. The van der Waals surface area contributed by atoms with Gasteiger partial charge in [0.05, 0.1) is 0 Å². The van der Waals surface area contributed by atoms with E-state index in [4.69, 9.17) is 0 Å². The number of nitrogens with zero attached hydrogens (tertiary/aromatic N) is 3. The van der Waals surface area contributed by atoms with Crippen LogP contribution in [-0.2, 0) is 13.0 Å². The number of rotatable bonds is 7. The van der Waals surface area contributed by atoms with Crippen LogP contribution in [0, 0.1) is 0 Å². The van der Waals surface area contributed by atoms with Crippen molar-refractivity contribution < 1.29 is 4.79 Å². The average molecular weight is 351 g/mol. The van der Waals surface area contributed by atoms with Crippen molar-refractivity contribution in [1.82, 2.24) is 14.8 Å².